The van der Waals surface area contributed by atoms with Gasteiger partial charge in [0.1, 0.15) is 11.4 Å². The summed E-state index contributed by atoms with van der Waals surface area (Å²) in [6.07, 6.45) is -0.311. The van der Waals surface area contributed by atoms with Crippen LogP contribution in [0.5, 0.6) is 5.75 Å². The van der Waals surface area contributed by atoms with Crippen molar-refractivity contribution in [3.05, 3.63) is 29.3 Å². The van der Waals surface area contributed by atoms with E-state index in [0.29, 0.717) is 13.1 Å². The third-order valence-electron chi connectivity index (χ3n) is 3.49. The Balaban J connectivity index is 2.22. The molecule has 2 rings (SSSR count). The molecule has 1 aromatic rings. The predicted octanol–water partition coefficient (Wildman–Crippen LogP) is 2.58. The van der Waals surface area contributed by atoms with Crippen LogP contribution in [-0.2, 0) is 4.74 Å². The van der Waals surface area contributed by atoms with Gasteiger partial charge >= 0.3 is 6.09 Å². The number of piperazine rings is 1. The normalized spacial score (nSPS) is 19.4. The van der Waals surface area contributed by atoms with Crippen LogP contribution < -0.4 is 5.32 Å². The number of phenolic OH excluding ortho intramolecular Hbond substituents is 1. The van der Waals surface area contributed by atoms with Gasteiger partial charge in [-0.2, -0.15) is 0 Å². The summed E-state index contributed by atoms with van der Waals surface area (Å²) in [5.41, 5.74) is 1.23. The molecule has 1 aromatic carbocycles. The molecule has 1 amide bonds. The third kappa shape index (κ3) is 3.88. The first kappa shape index (κ1) is 15.6. The molecule has 0 spiro atoms. The van der Waals surface area contributed by atoms with Crippen LogP contribution in [0.1, 0.15) is 37.9 Å². The fraction of sp³-hybridized carbons (Fsp3) is 0.562. The Morgan fingerprint density at radius 3 is 2.76 bits per heavy atom. The summed E-state index contributed by atoms with van der Waals surface area (Å²) >= 11 is 0. The number of benzene rings is 1. The molecule has 0 aromatic heterocycles. The van der Waals surface area contributed by atoms with Crippen molar-refractivity contribution in [2.45, 2.75) is 39.3 Å². The van der Waals surface area contributed by atoms with E-state index in [9.17, 15) is 9.90 Å². The minimum Gasteiger partial charge on any atom is -0.508 e. The van der Waals surface area contributed by atoms with E-state index in [-0.39, 0.29) is 17.9 Å². The third-order valence-corrected chi connectivity index (χ3v) is 3.49. The summed E-state index contributed by atoms with van der Waals surface area (Å²) < 4.78 is 5.48. The SMILES string of the molecule is Cc1ccc(C2CNCCN2C(=O)OC(C)(C)C)cc1O. The second-order valence-corrected chi connectivity index (χ2v) is 6.44. The first-order valence-electron chi connectivity index (χ1n) is 7.28. The highest BCUT2D eigenvalue weighted by molar-refractivity contribution is 5.69. The van der Waals surface area contributed by atoms with Gasteiger partial charge in [0.15, 0.2) is 0 Å². The van der Waals surface area contributed by atoms with Gasteiger partial charge in [-0.1, -0.05) is 12.1 Å². The highest BCUT2D eigenvalue weighted by Crippen LogP contribution is 2.28. The van der Waals surface area contributed by atoms with Crippen molar-refractivity contribution >= 4 is 6.09 Å². The van der Waals surface area contributed by atoms with Crippen molar-refractivity contribution in [3.8, 4) is 5.75 Å². The van der Waals surface area contributed by atoms with Crippen LogP contribution in [-0.4, -0.2) is 41.3 Å². The number of amides is 1. The fourth-order valence-electron chi connectivity index (χ4n) is 2.37. The number of nitrogens with zero attached hydrogens (tertiary/aromatic N) is 1. The number of aryl methyl sites for hydroxylation is 1. The van der Waals surface area contributed by atoms with Crippen LogP contribution in [0.3, 0.4) is 0 Å². The zero-order valence-electron chi connectivity index (χ0n) is 13.1. The lowest BCUT2D eigenvalue weighted by Crippen LogP contribution is -2.50. The van der Waals surface area contributed by atoms with Crippen LogP contribution in [0.4, 0.5) is 4.79 Å². The Labute approximate surface area is 125 Å². The molecule has 0 saturated carbocycles. The van der Waals surface area contributed by atoms with Crippen LogP contribution in [0.15, 0.2) is 18.2 Å². The molecule has 1 heterocycles. The molecule has 1 unspecified atom stereocenters. The molecule has 5 nitrogen and oxygen atoms in total. The number of nitrogens with one attached hydrogen (secondary N) is 1. The maximum Gasteiger partial charge on any atom is 0.410 e. The molecule has 1 saturated heterocycles. The number of hydrogen-bond donors (Lipinski definition) is 2. The number of ether oxygens (including phenoxy) is 1. The summed E-state index contributed by atoms with van der Waals surface area (Å²) in [5, 5.41) is 13.2. The van der Waals surface area contributed by atoms with E-state index < -0.39 is 5.60 Å². The van der Waals surface area contributed by atoms with Gasteiger partial charge in [0.2, 0.25) is 0 Å². The van der Waals surface area contributed by atoms with E-state index in [1.807, 2.05) is 39.8 Å². The number of aromatic hydroxyl groups is 1. The number of phenols is 1. The zero-order chi connectivity index (χ0) is 15.6. The molecule has 1 atom stereocenters. The highest BCUT2D eigenvalue weighted by atomic mass is 16.6. The first-order valence-corrected chi connectivity index (χ1v) is 7.28. The molecule has 5 heteroatoms. The molecule has 0 radical (unpaired) electrons. The molecule has 1 aliphatic rings. The van der Waals surface area contributed by atoms with E-state index in [2.05, 4.69) is 5.32 Å². The molecule has 116 valence electrons. The van der Waals surface area contributed by atoms with Crippen molar-refractivity contribution in [1.29, 1.82) is 0 Å². The van der Waals surface area contributed by atoms with E-state index in [4.69, 9.17) is 4.74 Å². The summed E-state index contributed by atoms with van der Waals surface area (Å²) in [6, 6.07) is 5.42. The topological polar surface area (TPSA) is 61.8 Å². The standard InChI is InChI=1S/C16H24N2O3/c1-11-5-6-12(9-14(11)19)13-10-17-7-8-18(13)15(20)21-16(2,3)4/h5-6,9,13,17,19H,7-8,10H2,1-4H3. The molecule has 21 heavy (non-hydrogen) atoms. The summed E-state index contributed by atoms with van der Waals surface area (Å²) in [7, 11) is 0. The maximum atomic E-state index is 12.4. The monoisotopic (exact) mass is 292 g/mol. The number of carbonyl (C=O) groups is 1. The Morgan fingerprint density at radius 2 is 2.14 bits per heavy atom. The smallest absolute Gasteiger partial charge is 0.410 e. The van der Waals surface area contributed by atoms with Crippen LogP contribution in [0, 0.1) is 6.92 Å². The van der Waals surface area contributed by atoms with Gasteiger partial charge < -0.3 is 15.2 Å². The molecule has 0 bridgehead atoms. The van der Waals surface area contributed by atoms with Gasteiger partial charge in [-0.3, -0.25) is 4.90 Å². The van der Waals surface area contributed by atoms with E-state index in [1.165, 1.54) is 0 Å². The number of rotatable bonds is 1. The second kappa shape index (κ2) is 5.93. The van der Waals surface area contributed by atoms with Gasteiger partial charge in [0.25, 0.3) is 0 Å². The minimum absolute atomic E-state index is 0.125. The Bertz CT molecular complexity index is 523. The zero-order valence-corrected chi connectivity index (χ0v) is 13.1. The average Bonchev–Trinajstić information content (AvgIpc) is 2.40. The van der Waals surface area contributed by atoms with Crippen LogP contribution in [0.25, 0.3) is 0 Å². The molecule has 0 aliphatic carbocycles. The molecular weight excluding hydrogens is 268 g/mol. The van der Waals surface area contributed by atoms with E-state index in [0.717, 1.165) is 17.7 Å². The Kier molecular flexibility index (Phi) is 4.42. The van der Waals surface area contributed by atoms with Gasteiger partial charge in [-0.25, -0.2) is 4.79 Å². The highest BCUT2D eigenvalue weighted by Gasteiger charge is 2.31. The summed E-state index contributed by atoms with van der Waals surface area (Å²) in [5.74, 6) is 0.252. The average molecular weight is 292 g/mol. The van der Waals surface area contributed by atoms with Gasteiger partial charge in [-0.05, 0) is 44.9 Å². The fourth-order valence-corrected chi connectivity index (χ4v) is 2.37. The lowest BCUT2D eigenvalue weighted by molar-refractivity contribution is 0.0117. The molecular formula is C16H24N2O3. The lowest BCUT2D eigenvalue weighted by atomic mass is 10.0. The quantitative estimate of drug-likeness (QED) is 0.835. The van der Waals surface area contributed by atoms with Gasteiger partial charge in [-0.15, -0.1) is 0 Å². The number of hydrogen-bond acceptors (Lipinski definition) is 4. The van der Waals surface area contributed by atoms with Crippen molar-refractivity contribution in [2.75, 3.05) is 19.6 Å². The Morgan fingerprint density at radius 1 is 1.43 bits per heavy atom. The predicted molar refractivity (Wildman–Crippen MR) is 81.4 cm³/mol. The van der Waals surface area contributed by atoms with Crippen molar-refractivity contribution < 1.29 is 14.6 Å². The van der Waals surface area contributed by atoms with Crippen molar-refractivity contribution in [2.24, 2.45) is 0 Å². The van der Waals surface area contributed by atoms with Crippen molar-refractivity contribution in [1.82, 2.24) is 10.2 Å². The van der Waals surface area contributed by atoms with Gasteiger partial charge in [0.05, 0.1) is 6.04 Å². The minimum atomic E-state index is -0.512. The largest absolute Gasteiger partial charge is 0.508 e. The van der Waals surface area contributed by atoms with E-state index in [1.54, 1.807) is 11.0 Å². The lowest BCUT2D eigenvalue weighted by Gasteiger charge is -2.37. The summed E-state index contributed by atoms with van der Waals surface area (Å²) in [4.78, 5) is 14.1. The first-order chi connectivity index (χ1) is 9.78. The Hall–Kier alpha value is -1.75. The molecule has 1 aliphatic heterocycles. The van der Waals surface area contributed by atoms with Crippen LogP contribution >= 0.6 is 0 Å². The molecule has 1 fully saturated rings. The second-order valence-electron chi connectivity index (χ2n) is 6.44. The molecule has 2 N–H and O–H groups in total. The summed E-state index contributed by atoms with van der Waals surface area (Å²) in [6.45, 7) is 9.42. The van der Waals surface area contributed by atoms with Crippen molar-refractivity contribution in [3.63, 3.8) is 0 Å². The number of carbonyl (C=O) groups excluding carboxylic acids is 1. The maximum absolute atomic E-state index is 12.4. The van der Waals surface area contributed by atoms with Crippen LogP contribution in [0.2, 0.25) is 0 Å². The van der Waals surface area contributed by atoms with E-state index >= 15 is 0 Å². The van der Waals surface area contributed by atoms with Gasteiger partial charge in [0, 0.05) is 19.6 Å².